The highest BCUT2D eigenvalue weighted by atomic mass is 35.5. The number of aromatic nitrogens is 1. The fourth-order valence-electron chi connectivity index (χ4n) is 4.01. The van der Waals surface area contributed by atoms with E-state index in [-0.39, 0.29) is 5.91 Å². The number of nitrogens with zero attached hydrogens (tertiary/aromatic N) is 1. The van der Waals surface area contributed by atoms with Gasteiger partial charge in [-0.2, -0.15) is 0 Å². The summed E-state index contributed by atoms with van der Waals surface area (Å²) in [6, 6.07) is 21.4. The van der Waals surface area contributed by atoms with Crippen molar-refractivity contribution in [1.29, 1.82) is 0 Å². The van der Waals surface area contributed by atoms with E-state index in [0.717, 1.165) is 16.2 Å². The molecule has 4 aromatic carbocycles. The number of halogens is 2. The van der Waals surface area contributed by atoms with E-state index >= 15 is 0 Å². The highest BCUT2D eigenvalue weighted by molar-refractivity contribution is 6.35. The maximum Gasteiger partial charge on any atom is 0.256 e. The predicted octanol–water partition coefficient (Wildman–Crippen LogP) is 7.76. The summed E-state index contributed by atoms with van der Waals surface area (Å²) in [5.41, 5.74) is 1.75. The molecule has 6 nitrogen and oxygen atoms in total. The first-order chi connectivity index (χ1) is 17.4. The van der Waals surface area contributed by atoms with Crippen molar-refractivity contribution >= 4 is 56.5 Å². The first-order valence-corrected chi connectivity index (χ1v) is 11.7. The minimum atomic E-state index is -0.270. The molecule has 180 valence electrons. The van der Waals surface area contributed by atoms with Gasteiger partial charge < -0.3 is 19.5 Å². The Hall–Kier alpha value is -4.00. The van der Waals surface area contributed by atoms with Crippen molar-refractivity contribution in [3.63, 3.8) is 0 Å². The van der Waals surface area contributed by atoms with Crippen molar-refractivity contribution in [3.8, 4) is 23.0 Å². The largest absolute Gasteiger partial charge is 0.493 e. The van der Waals surface area contributed by atoms with Gasteiger partial charge in [0, 0.05) is 38.9 Å². The first-order valence-electron chi connectivity index (χ1n) is 10.9. The average Bonchev–Trinajstić information content (AvgIpc) is 2.87. The van der Waals surface area contributed by atoms with Gasteiger partial charge in [0.05, 0.1) is 19.7 Å². The number of ether oxygens (including phenoxy) is 3. The molecule has 1 heterocycles. The number of hydrogen-bond acceptors (Lipinski definition) is 5. The van der Waals surface area contributed by atoms with Crippen molar-refractivity contribution in [2.75, 3.05) is 19.5 Å². The van der Waals surface area contributed by atoms with Crippen LogP contribution in [0.15, 0.2) is 79.0 Å². The van der Waals surface area contributed by atoms with Crippen molar-refractivity contribution in [2.24, 2.45) is 0 Å². The van der Waals surface area contributed by atoms with Crippen LogP contribution in [0.3, 0.4) is 0 Å². The van der Waals surface area contributed by atoms with E-state index in [4.69, 9.17) is 37.4 Å². The third-order valence-electron chi connectivity index (χ3n) is 5.65. The molecule has 0 fully saturated rings. The van der Waals surface area contributed by atoms with E-state index < -0.39 is 0 Å². The fourth-order valence-corrected chi connectivity index (χ4v) is 4.54. The SMILES string of the molecule is COc1cc2nccc(Oc3ccc4c(C(=O)Nc5cc(Cl)cc(Cl)c5)cccc4c3)c2cc1OC. The number of pyridine rings is 1. The number of methoxy groups -OCH3 is 2. The lowest BCUT2D eigenvalue weighted by Crippen LogP contribution is -2.12. The molecule has 0 saturated carbocycles. The van der Waals surface area contributed by atoms with E-state index in [1.165, 1.54) is 0 Å². The van der Waals surface area contributed by atoms with Crippen LogP contribution in [0.25, 0.3) is 21.7 Å². The van der Waals surface area contributed by atoms with Crippen LogP contribution in [0.4, 0.5) is 5.69 Å². The molecule has 0 atom stereocenters. The summed E-state index contributed by atoms with van der Waals surface area (Å²) in [6.07, 6.45) is 1.68. The lowest BCUT2D eigenvalue weighted by atomic mass is 10.0. The normalized spacial score (nSPS) is 10.9. The monoisotopic (exact) mass is 518 g/mol. The minimum absolute atomic E-state index is 0.270. The quantitative estimate of drug-likeness (QED) is 0.248. The predicted molar refractivity (Wildman–Crippen MR) is 143 cm³/mol. The van der Waals surface area contributed by atoms with Gasteiger partial charge in [-0.05, 0) is 65.4 Å². The third kappa shape index (κ3) is 4.73. The third-order valence-corrected chi connectivity index (χ3v) is 6.09. The number of hydrogen-bond donors (Lipinski definition) is 1. The fraction of sp³-hybridized carbons (Fsp3) is 0.0714. The topological polar surface area (TPSA) is 69.7 Å². The average molecular weight is 519 g/mol. The summed E-state index contributed by atoms with van der Waals surface area (Å²) in [5.74, 6) is 2.13. The summed E-state index contributed by atoms with van der Waals surface area (Å²) >= 11 is 12.1. The zero-order chi connectivity index (χ0) is 25.2. The highest BCUT2D eigenvalue weighted by Crippen LogP contribution is 2.37. The highest BCUT2D eigenvalue weighted by Gasteiger charge is 2.14. The van der Waals surface area contributed by atoms with Crippen molar-refractivity contribution in [2.45, 2.75) is 0 Å². The van der Waals surface area contributed by atoms with Crippen LogP contribution in [-0.2, 0) is 0 Å². The molecular formula is C28H20Cl2N2O4. The molecular weight excluding hydrogens is 499 g/mol. The number of amides is 1. The Morgan fingerprint density at radius 1 is 0.806 bits per heavy atom. The molecule has 0 unspecified atom stereocenters. The van der Waals surface area contributed by atoms with E-state index in [9.17, 15) is 4.79 Å². The molecule has 5 aromatic rings. The van der Waals surface area contributed by atoms with E-state index in [0.29, 0.717) is 49.8 Å². The van der Waals surface area contributed by atoms with Crippen LogP contribution < -0.4 is 19.5 Å². The Morgan fingerprint density at radius 3 is 2.31 bits per heavy atom. The van der Waals surface area contributed by atoms with Crippen molar-refractivity contribution in [3.05, 3.63) is 94.6 Å². The molecule has 0 aliphatic rings. The maximum atomic E-state index is 13.0. The zero-order valence-electron chi connectivity index (χ0n) is 19.3. The number of nitrogens with one attached hydrogen (secondary N) is 1. The van der Waals surface area contributed by atoms with Crippen LogP contribution in [0, 0.1) is 0 Å². The van der Waals surface area contributed by atoms with Gasteiger partial charge in [0.1, 0.15) is 11.5 Å². The number of carbonyl (C=O) groups excluding carboxylic acids is 1. The molecule has 1 amide bonds. The van der Waals surface area contributed by atoms with Gasteiger partial charge in [0.2, 0.25) is 0 Å². The number of fused-ring (bicyclic) bond motifs is 2. The molecule has 1 N–H and O–H groups in total. The molecule has 36 heavy (non-hydrogen) atoms. The number of rotatable bonds is 6. The molecule has 0 saturated heterocycles. The van der Waals surface area contributed by atoms with Crippen molar-refractivity contribution < 1.29 is 19.0 Å². The van der Waals surface area contributed by atoms with Gasteiger partial charge >= 0.3 is 0 Å². The lowest BCUT2D eigenvalue weighted by Gasteiger charge is -2.13. The standard InChI is InChI=1S/C28H20Cl2N2O4/c1-34-26-14-23-24(15-27(26)35-2)31-9-8-25(23)36-20-6-7-21-16(10-20)4-3-5-22(21)28(33)32-19-12-17(29)11-18(30)13-19/h3-15H,1-2H3,(H,32,33). The van der Waals surface area contributed by atoms with Crippen molar-refractivity contribution in [1.82, 2.24) is 4.98 Å². The summed E-state index contributed by atoms with van der Waals surface area (Å²) in [4.78, 5) is 17.4. The number of anilines is 1. The van der Waals surface area contributed by atoms with Gasteiger partial charge in [0.15, 0.2) is 11.5 Å². The lowest BCUT2D eigenvalue weighted by molar-refractivity contribution is 0.102. The number of benzene rings is 4. The molecule has 8 heteroatoms. The van der Waals surface area contributed by atoms with Gasteiger partial charge in [-0.1, -0.05) is 35.3 Å². The Balaban J connectivity index is 1.47. The summed E-state index contributed by atoms with van der Waals surface area (Å²) < 4.78 is 17.0. The van der Waals surface area contributed by atoms with Crippen LogP contribution in [0.5, 0.6) is 23.0 Å². The minimum Gasteiger partial charge on any atom is -0.493 e. The molecule has 0 radical (unpaired) electrons. The number of carbonyl (C=O) groups is 1. The zero-order valence-corrected chi connectivity index (χ0v) is 20.9. The van der Waals surface area contributed by atoms with Crippen LogP contribution in [0.1, 0.15) is 10.4 Å². The molecule has 0 aliphatic carbocycles. The Bertz CT molecular complexity index is 1600. The second kappa shape index (κ2) is 9.93. The Labute approximate surface area is 217 Å². The molecule has 0 bridgehead atoms. The first kappa shape index (κ1) is 23.7. The van der Waals surface area contributed by atoms with Gasteiger partial charge in [-0.25, -0.2) is 0 Å². The Morgan fingerprint density at radius 2 is 1.56 bits per heavy atom. The smallest absolute Gasteiger partial charge is 0.256 e. The Kier molecular flexibility index (Phi) is 6.55. The van der Waals surface area contributed by atoms with Gasteiger partial charge in [0.25, 0.3) is 5.91 Å². The maximum absolute atomic E-state index is 13.0. The molecule has 5 rings (SSSR count). The summed E-state index contributed by atoms with van der Waals surface area (Å²) in [7, 11) is 3.16. The van der Waals surface area contributed by atoms with Crippen LogP contribution in [0.2, 0.25) is 10.0 Å². The molecule has 0 aliphatic heterocycles. The second-order valence-electron chi connectivity index (χ2n) is 7.94. The van der Waals surface area contributed by atoms with Gasteiger partial charge in [-0.15, -0.1) is 0 Å². The summed E-state index contributed by atoms with van der Waals surface area (Å²) in [5, 5.41) is 6.15. The summed E-state index contributed by atoms with van der Waals surface area (Å²) in [6.45, 7) is 0. The van der Waals surface area contributed by atoms with Crippen LogP contribution in [-0.4, -0.2) is 25.1 Å². The van der Waals surface area contributed by atoms with E-state index in [1.54, 1.807) is 56.8 Å². The molecule has 0 spiro atoms. The van der Waals surface area contributed by atoms with Crippen LogP contribution >= 0.6 is 23.2 Å². The van der Waals surface area contributed by atoms with E-state index in [2.05, 4.69) is 10.3 Å². The second-order valence-corrected chi connectivity index (χ2v) is 8.81. The van der Waals surface area contributed by atoms with E-state index in [1.807, 2.05) is 36.4 Å². The molecule has 1 aromatic heterocycles. The van der Waals surface area contributed by atoms with Gasteiger partial charge in [-0.3, -0.25) is 9.78 Å².